The average molecular weight is 536 g/mol. The molecule has 0 bridgehead atoms. The number of amides is 2. The number of carbonyl (C=O) groups is 2. The van der Waals surface area contributed by atoms with E-state index in [0.717, 1.165) is 23.3 Å². The number of furan rings is 1. The van der Waals surface area contributed by atoms with Gasteiger partial charge in [0.2, 0.25) is 15.9 Å². The van der Waals surface area contributed by atoms with E-state index < -0.39 is 45.8 Å². The fraction of sp³-hybridized carbons (Fsp3) is 0.280. The number of fused-ring (bicyclic) bond motifs is 1. The Labute approximate surface area is 211 Å². The summed E-state index contributed by atoms with van der Waals surface area (Å²) in [6.45, 7) is -0.311. The number of alkyl halides is 3. The number of para-hydroxylation sites is 1. The Balaban J connectivity index is 1.59. The fourth-order valence-electron chi connectivity index (χ4n) is 4.22. The van der Waals surface area contributed by atoms with Crippen LogP contribution in [0.4, 0.5) is 24.5 Å². The molecule has 1 aliphatic heterocycles. The first-order chi connectivity index (χ1) is 17.4. The van der Waals surface area contributed by atoms with Crippen molar-refractivity contribution in [2.75, 3.05) is 29.0 Å². The number of halogens is 3. The van der Waals surface area contributed by atoms with Gasteiger partial charge in [0, 0.05) is 12.1 Å². The lowest BCUT2D eigenvalue weighted by Gasteiger charge is -2.30. The highest BCUT2D eigenvalue weighted by Gasteiger charge is 2.34. The molecule has 1 N–H and O–H groups in total. The molecule has 2 amide bonds. The Bertz CT molecular complexity index is 1410. The maximum Gasteiger partial charge on any atom is 0.418 e. The normalized spacial score (nSPS) is 13.7. The molecule has 37 heavy (non-hydrogen) atoms. The third-order valence-electron chi connectivity index (χ3n) is 5.86. The van der Waals surface area contributed by atoms with Crippen LogP contribution in [0.5, 0.6) is 0 Å². The first kappa shape index (κ1) is 26.3. The van der Waals surface area contributed by atoms with Crippen LogP contribution in [0.2, 0.25) is 0 Å². The maximum absolute atomic E-state index is 13.4. The minimum atomic E-state index is -4.67. The first-order valence-corrected chi connectivity index (χ1v) is 13.2. The maximum atomic E-state index is 13.4. The van der Waals surface area contributed by atoms with Crippen LogP contribution < -0.4 is 9.62 Å². The van der Waals surface area contributed by atoms with E-state index in [-0.39, 0.29) is 12.1 Å². The van der Waals surface area contributed by atoms with Gasteiger partial charge in [-0.1, -0.05) is 12.1 Å². The van der Waals surface area contributed by atoms with E-state index in [9.17, 15) is 31.2 Å². The highest BCUT2D eigenvalue weighted by molar-refractivity contribution is 7.92. The molecule has 0 saturated heterocycles. The highest BCUT2D eigenvalue weighted by Crippen LogP contribution is 2.34. The summed E-state index contributed by atoms with van der Waals surface area (Å²) in [4.78, 5) is 27.4. The van der Waals surface area contributed by atoms with E-state index in [4.69, 9.17) is 4.42 Å². The summed E-state index contributed by atoms with van der Waals surface area (Å²) in [5, 5.41) is 2.25. The summed E-state index contributed by atoms with van der Waals surface area (Å²) in [6, 6.07) is 12.4. The van der Waals surface area contributed by atoms with Gasteiger partial charge in [-0.3, -0.25) is 13.9 Å². The fourth-order valence-corrected chi connectivity index (χ4v) is 5.21. The van der Waals surface area contributed by atoms with Crippen molar-refractivity contribution in [2.24, 2.45) is 0 Å². The van der Waals surface area contributed by atoms with Gasteiger partial charge in [-0.2, -0.15) is 13.2 Å². The Hall–Kier alpha value is -3.80. The van der Waals surface area contributed by atoms with Crippen LogP contribution in [0, 0.1) is 0 Å². The summed E-state index contributed by atoms with van der Waals surface area (Å²) < 4.78 is 70.9. The lowest BCUT2D eigenvalue weighted by atomic mass is 10.00. The van der Waals surface area contributed by atoms with Gasteiger partial charge < -0.3 is 14.6 Å². The van der Waals surface area contributed by atoms with Crippen molar-refractivity contribution in [1.82, 2.24) is 4.90 Å². The molecule has 3 aromatic rings. The molecule has 0 unspecified atom stereocenters. The molecule has 0 spiro atoms. The van der Waals surface area contributed by atoms with E-state index in [2.05, 4.69) is 5.32 Å². The number of hydrogen-bond donors (Lipinski definition) is 1. The molecule has 0 saturated carbocycles. The van der Waals surface area contributed by atoms with Crippen molar-refractivity contribution in [3.8, 4) is 0 Å². The molecule has 196 valence electrons. The third-order valence-corrected chi connectivity index (χ3v) is 7.04. The molecule has 2 aromatic carbocycles. The monoisotopic (exact) mass is 535 g/mol. The van der Waals surface area contributed by atoms with Crippen LogP contribution in [-0.2, 0) is 34.0 Å². The van der Waals surface area contributed by atoms with Gasteiger partial charge in [0.15, 0.2) is 0 Å². The zero-order valence-corrected chi connectivity index (χ0v) is 20.6. The van der Waals surface area contributed by atoms with Gasteiger partial charge in [0.05, 0.1) is 36.0 Å². The van der Waals surface area contributed by atoms with Crippen molar-refractivity contribution in [3.05, 3.63) is 83.3 Å². The van der Waals surface area contributed by atoms with Crippen molar-refractivity contribution >= 4 is 33.2 Å². The van der Waals surface area contributed by atoms with Crippen LogP contribution in [0.3, 0.4) is 0 Å². The van der Waals surface area contributed by atoms with E-state index >= 15 is 0 Å². The minimum absolute atomic E-state index is 0.104. The quantitative estimate of drug-likeness (QED) is 0.487. The van der Waals surface area contributed by atoms with Gasteiger partial charge in [0.25, 0.3) is 5.91 Å². The number of nitrogens with zero attached hydrogens (tertiary/aromatic N) is 2. The number of rotatable bonds is 7. The zero-order chi connectivity index (χ0) is 26.8. The van der Waals surface area contributed by atoms with Crippen LogP contribution in [0.25, 0.3) is 0 Å². The lowest BCUT2D eigenvalue weighted by Crippen LogP contribution is -2.38. The second-order valence-electron chi connectivity index (χ2n) is 8.61. The van der Waals surface area contributed by atoms with E-state index in [1.165, 1.54) is 28.8 Å². The van der Waals surface area contributed by atoms with Gasteiger partial charge in [-0.15, -0.1) is 0 Å². The Kier molecular flexibility index (Phi) is 7.30. The third kappa shape index (κ3) is 6.13. The minimum Gasteiger partial charge on any atom is -0.467 e. The molecule has 8 nitrogen and oxygen atoms in total. The van der Waals surface area contributed by atoms with Gasteiger partial charge >= 0.3 is 6.18 Å². The Morgan fingerprint density at radius 2 is 1.86 bits per heavy atom. The zero-order valence-electron chi connectivity index (χ0n) is 19.8. The second kappa shape index (κ2) is 10.3. The smallest absolute Gasteiger partial charge is 0.418 e. The van der Waals surface area contributed by atoms with Crippen LogP contribution >= 0.6 is 0 Å². The Morgan fingerprint density at radius 3 is 2.54 bits per heavy atom. The number of anilines is 2. The van der Waals surface area contributed by atoms with E-state index in [0.29, 0.717) is 36.4 Å². The number of aryl methyl sites for hydroxylation is 1. The average Bonchev–Trinajstić information content (AvgIpc) is 3.34. The molecule has 0 radical (unpaired) electrons. The summed E-state index contributed by atoms with van der Waals surface area (Å²) >= 11 is 0. The number of carbonyl (C=O) groups excluding carboxylic acids is 2. The molecular formula is C25H24F3N3O5S. The summed E-state index contributed by atoms with van der Waals surface area (Å²) in [6.07, 6.45) is -1.02. The standard InChI is InChI=1S/C25H24F3N3O5S/c1-37(34,35)31-12-4-6-17-14-18(10-11-22(17)31)24(33)30(15-19-7-5-13-36-19)16-23(32)29-21-9-3-2-8-20(21)25(26,27)28/h2-3,5,7-11,13-14H,4,6,12,15-16H2,1H3,(H,29,32). The molecule has 12 heteroatoms. The summed E-state index contributed by atoms with van der Waals surface area (Å²) in [7, 11) is -3.49. The van der Waals surface area contributed by atoms with Gasteiger partial charge in [0.1, 0.15) is 12.3 Å². The van der Waals surface area contributed by atoms with E-state index in [1.54, 1.807) is 24.3 Å². The largest absolute Gasteiger partial charge is 0.467 e. The second-order valence-corrected chi connectivity index (χ2v) is 10.5. The predicted molar refractivity (Wildman–Crippen MR) is 130 cm³/mol. The molecule has 2 heterocycles. The van der Waals surface area contributed by atoms with Gasteiger partial charge in [-0.05, 0) is 60.9 Å². The molecule has 1 aliphatic rings. The van der Waals surface area contributed by atoms with Gasteiger partial charge in [-0.25, -0.2) is 8.42 Å². The number of sulfonamides is 1. The molecule has 4 rings (SSSR count). The first-order valence-electron chi connectivity index (χ1n) is 11.3. The van der Waals surface area contributed by atoms with Crippen molar-refractivity contribution < 1.29 is 35.6 Å². The molecule has 0 fully saturated rings. The number of nitrogens with one attached hydrogen (secondary N) is 1. The van der Waals surface area contributed by atoms with Crippen molar-refractivity contribution in [2.45, 2.75) is 25.6 Å². The van der Waals surface area contributed by atoms with Crippen LogP contribution in [-0.4, -0.2) is 44.5 Å². The topological polar surface area (TPSA) is 99.9 Å². The van der Waals surface area contributed by atoms with Crippen LogP contribution in [0.1, 0.15) is 33.7 Å². The number of benzene rings is 2. The predicted octanol–water partition coefficient (Wildman–Crippen LogP) is 4.29. The summed E-state index contributed by atoms with van der Waals surface area (Å²) in [5.41, 5.74) is -0.0463. The van der Waals surface area contributed by atoms with Crippen LogP contribution in [0.15, 0.2) is 65.3 Å². The van der Waals surface area contributed by atoms with Crippen molar-refractivity contribution in [3.63, 3.8) is 0 Å². The number of hydrogen-bond acceptors (Lipinski definition) is 5. The summed E-state index contributed by atoms with van der Waals surface area (Å²) in [5.74, 6) is -1.01. The van der Waals surface area contributed by atoms with E-state index in [1.807, 2.05) is 0 Å². The molecule has 1 aromatic heterocycles. The Morgan fingerprint density at radius 1 is 1.11 bits per heavy atom. The molecular weight excluding hydrogens is 511 g/mol. The molecule has 0 atom stereocenters. The molecule has 0 aliphatic carbocycles. The SMILES string of the molecule is CS(=O)(=O)N1CCCc2cc(C(=O)N(CC(=O)Nc3ccccc3C(F)(F)F)Cc3ccco3)ccc21. The highest BCUT2D eigenvalue weighted by atomic mass is 32.2. The lowest BCUT2D eigenvalue weighted by molar-refractivity contribution is -0.137. The van der Waals surface area contributed by atoms with Crippen molar-refractivity contribution in [1.29, 1.82) is 0 Å².